The molecule has 2 aromatic rings. The Labute approximate surface area is 211 Å². The highest BCUT2D eigenvalue weighted by Crippen LogP contribution is 2.22. The lowest BCUT2D eigenvalue weighted by molar-refractivity contribution is -0.140. The molecule has 2 atom stereocenters. The van der Waals surface area contributed by atoms with Gasteiger partial charge in [-0.2, -0.15) is 0 Å². The zero-order chi connectivity index (χ0) is 25.5. The van der Waals surface area contributed by atoms with Crippen LogP contribution >= 0.6 is 15.9 Å². The molecule has 2 aromatic carbocycles. The van der Waals surface area contributed by atoms with E-state index in [2.05, 4.69) is 21.2 Å². The molecule has 186 valence electrons. The first-order valence-electron chi connectivity index (χ1n) is 11.3. The molecule has 0 saturated heterocycles. The summed E-state index contributed by atoms with van der Waals surface area (Å²) >= 11 is 3.34. The summed E-state index contributed by atoms with van der Waals surface area (Å²) in [5.41, 5.74) is 2.33. The predicted octanol–water partition coefficient (Wildman–Crippen LogP) is 4.25. The highest BCUT2D eigenvalue weighted by atomic mass is 79.9. The van der Waals surface area contributed by atoms with Gasteiger partial charge >= 0.3 is 0 Å². The molecule has 0 unspecified atom stereocenters. The smallest absolute Gasteiger partial charge is 0.244 e. The normalized spacial score (nSPS) is 13.1. The number of sulfonamides is 1. The summed E-state index contributed by atoms with van der Waals surface area (Å²) in [4.78, 5) is 28.2. The Balaban J connectivity index is 2.41. The standard InChI is InChI=1S/C25H34BrN3O4S/c1-6-19(4)27-25(31)23(7-2)28(16-20-10-8-18(3)9-11-20)24(30)17-29(34(5,32)33)22-14-12-21(26)13-15-22/h8-15,19,23H,6-7,16-17H2,1-5H3,(H,27,31)/t19-,23+/m1/s1. The van der Waals surface area contributed by atoms with Crippen LogP contribution in [0.2, 0.25) is 0 Å². The second kappa shape index (κ2) is 12.4. The van der Waals surface area contributed by atoms with Gasteiger partial charge in [0.1, 0.15) is 12.6 Å². The molecule has 7 nitrogen and oxygen atoms in total. The van der Waals surface area contributed by atoms with Crippen molar-refractivity contribution >= 4 is 43.5 Å². The van der Waals surface area contributed by atoms with Gasteiger partial charge in [-0.1, -0.05) is 59.6 Å². The van der Waals surface area contributed by atoms with E-state index in [-0.39, 0.29) is 18.5 Å². The number of carbonyl (C=O) groups is 2. The zero-order valence-corrected chi connectivity index (χ0v) is 22.8. The van der Waals surface area contributed by atoms with Crippen molar-refractivity contribution in [1.82, 2.24) is 10.2 Å². The van der Waals surface area contributed by atoms with Crippen molar-refractivity contribution in [2.75, 3.05) is 17.1 Å². The largest absolute Gasteiger partial charge is 0.352 e. The van der Waals surface area contributed by atoms with Crippen LogP contribution < -0.4 is 9.62 Å². The van der Waals surface area contributed by atoms with E-state index in [1.165, 1.54) is 4.90 Å². The van der Waals surface area contributed by atoms with Crippen LogP contribution in [0.3, 0.4) is 0 Å². The van der Waals surface area contributed by atoms with Gasteiger partial charge in [-0.15, -0.1) is 0 Å². The van der Waals surface area contributed by atoms with E-state index >= 15 is 0 Å². The van der Waals surface area contributed by atoms with Gasteiger partial charge in [0.25, 0.3) is 0 Å². The summed E-state index contributed by atoms with van der Waals surface area (Å²) in [5, 5.41) is 2.96. The first kappa shape index (κ1) is 27.9. The van der Waals surface area contributed by atoms with Gasteiger partial charge in [-0.25, -0.2) is 8.42 Å². The minimum Gasteiger partial charge on any atom is -0.352 e. The van der Waals surface area contributed by atoms with E-state index in [4.69, 9.17) is 0 Å². The second-order valence-electron chi connectivity index (χ2n) is 8.50. The van der Waals surface area contributed by atoms with Crippen LogP contribution in [-0.4, -0.2) is 50.0 Å². The molecule has 0 saturated carbocycles. The summed E-state index contributed by atoms with van der Waals surface area (Å²) in [7, 11) is -3.74. The molecule has 0 radical (unpaired) electrons. The number of benzene rings is 2. The van der Waals surface area contributed by atoms with Crippen LogP contribution in [0.15, 0.2) is 53.0 Å². The van der Waals surface area contributed by atoms with E-state index < -0.39 is 28.5 Å². The van der Waals surface area contributed by atoms with Crippen molar-refractivity contribution < 1.29 is 18.0 Å². The van der Waals surface area contributed by atoms with E-state index in [0.29, 0.717) is 12.1 Å². The van der Waals surface area contributed by atoms with Gasteiger partial charge < -0.3 is 10.2 Å². The predicted molar refractivity (Wildman–Crippen MR) is 140 cm³/mol. The zero-order valence-electron chi connectivity index (χ0n) is 20.4. The van der Waals surface area contributed by atoms with Gasteiger partial charge in [0.2, 0.25) is 21.8 Å². The molecule has 0 aliphatic carbocycles. The molecule has 0 fully saturated rings. The Morgan fingerprint density at radius 1 is 1.00 bits per heavy atom. The van der Waals surface area contributed by atoms with Crippen LogP contribution in [0.1, 0.15) is 44.7 Å². The molecule has 0 bridgehead atoms. The average molecular weight is 553 g/mol. The summed E-state index contributed by atoms with van der Waals surface area (Å²) in [6.45, 7) is 7.50. The highest BCUT2D eigenvalue weighted by molar-refractivity contribution is 9.10. The maximum atomic E-state index is 13.6. The van der Waals surface area contributed by atoms with E-state index in [9.17, 15) is 18.0 Å². The molecule has 0 aromatic heterocycles. The molecule has 9 heteroatoms. The first-order chi connectivity index (χ1) is 16.0. The summed E-state index contributed by atoms with van der Waals surface area (Å²) in [5.74, 6) is -0.688. The van der Waals surface area contributed by atoms with Gasteiger partial charge in [-0.05, 0) is 56.5 Å². The van der Waals surface area contributed by atoms with Gasteiger partial charge in [0.15, 0.2) is 0 Å². The number of carbonyl (C=O) groups excluding carboxylic acids is 2. The van der Waals surface area contributed by atoms with E-state index in [1.807, 2.05) is 52.0 Å². The SMILES string of the molecule is CC[C@@H](C)NC(=O)[C@H](CC)N(Cc1ccc(C)cc1)C(=O)CN(c1ccc(Br)cc1)S(C)(=O)=O. The molecule has 0 heterocycles. The Bertz CT molecular complexity index is 1070. The molecule has 34 heavy (non-hydrogen) atoms. The van der Waals surface area contributed by atoms with E-state index in [1.54, 1.807) is 24.3 Å². The number of nitrogens with one attached hydrogen (secondary N) is 1. The molecule has 0 aliphatic heterocycles. The fourth-order valence-electron chi connectivity index (χ4n) is 3.47. The number of rotatable bonds is 11. The summed E-state index contributed by atoms with van der Waals surface area (Å²) in [6.07, 6.45) is 2.23. The lowest BCUT2D eigenvalue weighted by Crippen LogP contribution is -2.53. The lowest BCUT2D eigenvalue weighted by atomic mass is 10.1. The number of hydrogen-bond donors (Lipinski definition) is 1. The van der Waals surface area contributed by atoms with Crippen LogP contribution in [0, 0.1) is 6.92 Å². The Morgan fingerprint density at radius 3 is 2.09 bits per heavy atom. The van der Waals surface area contributed by atoms with Crippen LogP contribution in [-0.2, 0) is 26.2 Å². The average Bonchev–Trinajstić information content (AvgIpc) is 2.78. The minimum absolute atomic E-state index is 0.0341. The number of nitrogens with zero attached hydrogens (tertiary/aromatic N) is 2. The van der Waals surface area contributed by atoms with E-state index in [0.717, 1.165) is 32.6 Å². The van der Waals surface area contributed by atoms with Crippen molar-refractivity contribution in [3.05, 3.63) is 64.1 Å². The number of anilines is 1. The molecular weight excluding hydrogens is 518 g/mol. The number of amides is 2. The minimum atomic E-state index is -3.74. The topological polar surface area (TPSA) is 86.8 Å². The van der Waals surface area contributed by atoms with Crippen molar-refractivity contribution in [1.29, 1.82) is 0 Å². The van der Waals surface area contributed by atoms with Crippen molar-refractivity contribution in [2.24, 2.45) is 0 Å². The summed E-state index contributed by atoms with van der Waals surface area (Å²) < 4.78 is 27.1. The maximum absolute atomic E-state index is 13.6. The van der Waals surface area contributed by atoms with Gasteiger partial charge in [-0.3, -0.25) is 13.9 Å². The molecule has 2 rings (SSSR count). The quantitative estimate of drug-likeness (QED) is 0.452. The number of aryl methyl sites for hydroxylation is 1. The summed E-state index contributed by atoms with van der Waals surface area (Å²) in [6, 6.07) is 13.7. The monoisotopic (exact) mass is 551 g/mol. The number of halogens is 1. The molecule has 0 spiro atoms. The highest BCUT2D eigenvalue weighted by Gasteiger charge is 2.32. The van der Waals surface area contributed by atoms with Crippen LogP contribution in [0.25, 0.3) is 0 Å². The number of hydrogen-bond acceptors (Lipinski definition) is 4. The fourth-order valence-corrected chi connectivity index (χ4v) is 4.59. The van der Waals surface area contributed by atoms with Gasteiger partial charge in [0, 0.05) is 17.1 Å². The van der Waals surface area contributed by atoms with Crippen LogP contribution in [0.5, 0.6) is 0 Å². The Morgan fingerprint density at radius 2 is 1.59 bits per heavy atom. The van der Waals surface area contributed by atoms with Gasteiger partial charge in [0.05, 0.1) is 11.9 Å². The van der Waals surface area contributed by atoms with Crippen molar-refractivity contribution in [3.8, 4) is 0 Å². The maximum Gasteiger partial charge on any atom is 0.244 e. The fraction of sp³-hybridized carbons (Fsp3) is 0.440. The molecule has 2 amide bonds. The Hall–Kier alpha value is -2.39. The molecule has 1 N–H and O–H groups in total. The second-order valence-corrected chi connectivity index (χ2v) is 11.3. The first-order valence-corrected chi connectivity index (χ1v) is 14.0. The molecule has 0 aliphatic rings. The third-order valence-electron chi connectivity index (χ3n) is 5.65. The van der Waals surface area contributed by atoms with Crippen LogP contribution in [0.4, 0.5) is 5.69 Å². The molecular formula is C25H34BrN3O4S. The van der Waals surface area contributed by atoms with Crippen molar-refractivity contribution in [3.63, 3.8) is 0 Å². The van der Waals surface area contributed by atoms with Crippen molar-refractivity contribution in [2.45, 2.75) is 59.2 Å². The lowest BCUT2D eigenvalue weighted by Gasteiger charge is -2.33. The third kappa shape index (κ3) is 7.84. The Kier molecular flexibility index (Phi) is 10.1. The third-order valence-corrected chi connectivity index (χ3v) is 7.32.